The van der Waals surface area contributed by atoms with Crippen LogP contribution in [0.1, 0.15) is 27.3 Å². The number of carbonyl (C=O) groups excluding carboxylic acids is 2. The Morgan fingerprint density at radius 1 is 0.850 bits per heavy atom. The number of rotatable bonds is 4. The van der Waals surface area contributed by atoms with Crippen molar-refractivity contribution >= 4 is 22.5 Å². The van der Waals surface area contributed by atoms with Crippen LogP contribution in [0.4, 0.5) is 0 Å². The summed E-state index contributed by atoms with van der Waals surface area (Å²) in [5.74, 6) is -0.262. The van der Waals surface area contributed by atoms with Gasteiger partial charge in [-0.05, 0) is 12.1 Å². The molecule has 3 rings (SSSR count). The SMILES string of the molecule is O=C(CC(=O)c1cc2ccccc2o1)c1ccccc1. The summed E-state index contributed by atoms with van der Waals surface area (Å²) in [6.07, 6.45) is -0.177. The lowest BCUT2D eigenvalue weighted by atomic mass is 10.1. The van der Waals surface area contributed by atoms with E-state index in [0.717, 1.165) is 5.39 Å². The Balaban J connectivity index is 1.81. The van der Waals surface area contributed by atoms with E-state index in [0.29, 0.717) is 11.1 Å². The highest BCUT2D eigenvalue weighted by molar-refractivity contribution is 6.13. The lowest BCUT2D eigenvalue weighted by Crippen LogP contribution is -2.07. The fourth-order valence-electron chi connectivity index (χ4n) is 2.08. The van der Waals surface area contributed by atoms with E-state index in [9.17, 15) is 9.59 Å². The summed E-state index contributed by atoms with van der Waals surface area (Å²) in [5.41, 5.74) is 1.19. The first kappa shape index (κ1) is 12.4. The standard InChI is InChI=1S/C17H12O3/c18-14(12-6-2-1-3-7-12)11-15(19)17-10-13-8-4-5-9-16(13)20-17/h1-10H,11H2. The zero-order chi connectivity index (χ0) is 13.9. The molecule has 0 amide bonds. The summed E-state index contributed by atoms with van der Waals surface area (Å²) in [4.78, 5) is 24.1. The number of carbonyl (C=O) groups is 2. The maximum Gasteiger partial charge on any atom is 0.205 e. The fraction of sp³-hybridized carbons (Fsp3) is 0.0588. The van der Waals surface area contributed by atoms with Gasteiger partial charge in [0.05, 0.1) is 6.42 Å². The Morgan fingerprint density at radius 3 is 2.30 bits per heavy atom. The average Bonchev–Trinajstić information content (AvgIpc) is 2.92. The first-order valence-electron chi connectivity index (χ1n) is 6.34. The second-order valence-corrected chi connectivity index (χ2v) is 4.54. The van der Waals surface area contributed by atoms with Gasteiger partial charge >= 0.3 is 0 Å². The van der Waals surface area contributed by atoms with Gasteiger partial charge in [0.15, 0.2) is 11.5 Å². The monoisotopic (exact) mass is 264 g/mol. The minimum absolute atomic E-state index is 0.177. The predicted molar refractivity (Wildman–Crippen MR) is 75.9 cm³/mol. The average molecular weight is 264 g/mol. The van der Waals surface area contributed by atoms with Gasteiger partial charge in [0, 0.05) is 10.9 Å². The van der Waals surface area contributed by atoms with E-state index in [4.69, 9.17) is 4.42 Å². The van der Waals surface area contributed by atoms with Crippen molar-refractivity contribution in [2.45, 2.75) is 6.42 Å². The van der Waals surface area contributed by atoms with Gasteiger partial charge in [-0.25, -0.2) is 0 Å². The number of para-hydroxylation sites is 1. The molecular formula is C17H12O3. The lowest BCUT2D eigenvalue weighted by Gasteiger charge is -1.98. The van der Waals surface area contributed by atoms with Crippen LogP contribution in [0, 0.1) is 0 Å². The molecule has 3 heteroatoms. The van der Waals surface area contributed by atoms with Crippen molar-refractivity contribution in [3.63, 3.8) is 0 Å². The zero-order valence-electron chi connectivity index (χ0n) is 10.7. The largest absolute Gasteiger partial charge is 0.453 e. The summed E-state index contributed by atoms with van der Waals surface area (Å²) >= 11 is 0. The van der Waals surface area contributed by atoms with E-state index >= 15 is 0 Å². The molecule has 1 heterocycles. The fourth-order valence-corrected chi connectivity index (χ4v) is 2.08. The van der Waals surface area contributed by atoms with Crippen LogP contribution in [0.5, 0.6) is 0 Å². The molecule has 0 bridgehead atoms. The first-order valence-corrected chi connectivity index (χ1v) is 6.34. The Morgan fingerprint density at radius 2 is 1.55 bits per heavy atom. The van der Waals surface area contributed by atoms with Gasteiger partial charge in [-0.2, -0.15) is 0 Å². The molecule has 20 heavy (non-hydrogen) atoms. The normalized spacial score (nSPS) is 10.6. The van der Waals surface area contributed by atoms with E-state index in [2.05, 4.69) is 0 Å². The number of ketones is 2. The third-order valence-electron chi connectivity index (χ3n) is 3.12. The molecular weight excluding hydrogens is 252 g/mol. The summed E-state index contributed by atoms with van der Waals surface area (Å²) in [6, 6.07) is 17.9. The minimum atomic E-state index is -0.296. The molecule has 0 N–H and O–H groups in total. The maximum absolute atomic E-state index is 12.1. The molecule has 0 spiro atoms. The van der Waals surface area contributed by atoms with Crippen LogP contribution >= 0.6 is 0 Å². The topological polar surface area (TPSA) is 47.3 Å². The van der Waals surface area contributed by atoms with Gasteiger partial charge in [0.1, 0.15) is 5.58 Å². The predicted octanol–water partition coefficient (Wildman–Crippen LogP) is 3.89. The van der Waals surface area contributed by atoms with Gasteiger partial charge in [-0.3, -0.25) is 9.59 Å². The number of benzene rings is 2. The van der Waals surface area contributed by atoms with Gasteiger partial charge in [0.2, 0.25) is 5.78 Å². The van der Waals surface area contributed by atoms with Crippen molar-refractivity contribution in [1.29, 1.82) is 0 Å². The van der Waals surface area contributed by atoms with Gasteiger partial charge in [-0.1, -0.05) is 48.5 Å². The molecule has 0 radical (unpaired) electrons. The highest BCUT2D eigenvalue weighted by Gasteiger charge is 2.17. The maximum atomic E-state index is 12.1. The van der Waals surface area contributed by atoms with Gasteiger partial charge < -0.3 is 4.42 Å². The molecule has 0 unspecified atom stereocenters. The van der Waals surface area contributed by atoms with Crippen LogP contribution < -0.4 is 0 Å². The molecule has 0 saturated carbocycles. The molecule has 0 aliphatic heterocycles. The molecule has 0 atom stereocenters. The smallest absolute Gasteiger partial charge is 0.205 e. The number of Topliss-reactive ketones (excluding diaryl/α,β-unsaturated/α-hetero) is 2. The van der Waals surface area contributed by atoms with Crippen molar-refractivity contribution in [3.8, 4) is 0 Å². The van der Waals surface area contributed by atoms with E-state index in [-0.39, 0.29) is 23.7 Å². The number of hydrogen-bond donors (Lipinski definition) is 0. The molecule has 3 aromatic rings. The van der Waals surface area contributed by atoms with E-state index in [1.807, 2.05) is 24.3 Å². The summed E-state index contributed by atoms with van der Waals surface area (Å²) in [5, 5.41) is 0.864. The van der Waals surface area contributed by atoms with Crippen molar-refractivity contribution in [1.82, 2.24) is 0 Å². The summed E-state index contributed by atoms with van der Waals surface area (Å²) < 4.78 is 5.46. The first-order chi connectivity index (χ1) is 9.74. The second-order valence-electron chi connectivity index (χ2n) is 4.54. The second kappa shape index (κ2) is 5.13. The Kier molecular flexibility index (Phi) is 3.17. The molecule has 0 saturated heterocycles. The lowest BCUT2D eigenvalue weighted by molar-refractivity contribution is 0.0879. The van der Waals surface area contributed by atoms with E-state index in [1.165, 1.54) is 0 Å². The van der Waals surface area contributed by atoms with Gasteiger partial charge in [0.25, 0.3) is 0 Å². The molecule has 2 aromatic carbocycles. The number of fused-ring (bicyclic) bond motifs is 1. The van der Waals surface area contributed by atoms with Crippen molar-refractivity contribution in [2.24, 2.45) is 0 Å². The van der Waals surface area contributed by atoms with Crippen LogP contribution in [0.2, 0.25) is 0 Å². The number of hydrogen-bond acceptors (Lipinski definition) is 3. The van der Waals surface area contributed by atoms with Crippen LogP contribution in [0.3, 0.4) is 0 Å². The Labute approximate surface area is 115 Å². The van der Waals surface area contributed by atoms with Crippen LogP contribution in [0.15, 0.2) is 65.1 Å². The zero-order valence-corrected chi connectivity index (χ0v) is 10.7. The van der Waals surface area contributed by atoms with Gasteiger partial charge in [-0.15, -0.1) is 0 Å². The quantitative estimate of drug-likeness (QED) is 0.530. The molecule has 3 nitrogen and oxygen atoms in total. The highest BCUT2D eigenvalue weighted by atomic mass is 16.3. The Bertz CT molecular complexity index is 736. The molecule has 0 fully saturated rings. The van der Waals surface area contributed by atoms with Crippen LogP contribution in [-0.4, -0.2) is 11.6 Å². The Hall–Kier alpha value is -2.68. The van der Waals surface area contributed by atoms with Crippen molar-refractivity contribution in [3.05, 3.63) is 72.0 Å². The third-order valence-corrected chi connectivity index (χ3v) is 3.12. The molecule has 1 aromatic heterocycles. The minimum Gasteiger partial charge on any atom is -0.453 e. The molecule has 0 aliphatic rings. The van der Waals surface area contributed by atoms with Crippen LogP contribution in [0.25, 0.3) is 11.0 Å². The summed E-state index contributed by atoms with van der Waals surface area (Å²) in [6.45, 7) is 0. The van der Waals surface area contributed by atoms with E-state index < -0.39 is 0 Å². The molecule has 98 valence electrons. The highest BCUT2D eigenvalue weighted by Crippen LogP contribution is 2.20. The summed E-state index contributed by atoms with van der Waals surface area (Å²) in [7, 11) is 0. The van der Waals surface area contributed by atoms with E-state index in [1.54, 1.807) is 36.4 Å². The number of furan rings is 1. The van der Waals surface area contributed by atoms with Crippen molar-refractivity contribution in [2.75, 3.05) is 0 Å². The molecule has 0 aliphatic carbocycles. The van der Waals surface area contributed by atoms with Crippen molar-refractivity contribution < 1.29 is 14.0 Å². The van der Waals surface area contributed by atoms with Crippen LogP contribution in [-0.2, 0) is 0 Å². The third kappa shape index (κ3) is 2.38.